The summed E-state index contributed by atoms with van der Waals surface area (Å²) in [5.41, 5.74) is 4.83. The fraction of sp³-hybridized carbons (Fsp3) is 0.305. The molecule has 406 valence electrons. The molecule has 0 unspecified atom stereocenters. The van der Waals surface area contributed by atoms with E-state index >= 15 is 0 Å². The number of hydrogen-bond donors (Lipinski definition) is 5. The number of nitrogens with zero attached hydrogens (tertiary/aromatic N) is 3. The van der Waals surface area contributed by atoms with Crippen molar-refractivity contribution in [1.29, 1.82) is 0 Å². The van der Waals surface area contributed by atoms with Gasteiger partial charge in [-0.15, -0.1) is 0 Å². The number of aldehydes is 2. The second-order valence-corrected chi connectivity index (χ2v) is 18.9. The Balaban J connectivity index is 0.000000261. The van der Waals surface area contributed by atoms with Crippen LogP contribution in [0.2, 0.25) is 0 Å². The molecule has 78 heavy (non-hydrogen) atoms. The maximum atomic E-state index is 14.0. The van der Waals surface area contributed by atoms with Crippen LogP contribution >= 0.6 is 0 Å². The SMILES string of the molecule is CC(=O)C[C@@H](C=O)NC(=O)CN1C(=O)[C@@H](NC(=O)CCc2ccccc2)CN(C(=O)CCc2ccccc2)c2ccccc21.CC(=O)C[C@@H](C=O)NC(=O)CN1C(=O)[C@@H](NC(=O)CCc2ccccc2)CNc2ccccc21. The first-order chi connectivity index (χ1) is 37.6. The first kappa shape index (κ1) is 58.1. The fourth-order valence-corrected chi connectivity index (χ4v) is 8.88. The van der Waals surface area contributed by atoms with E-state index in [9.17, 15) is 52.7 Å². The van der Waals surface area contributed by atoms with Crippen molar-refractivity contribution in [2.24, 2.45) is 0 Å². The van der Waals surface area contributed by atoms with Crippen LogP contribution in [0.1, 0.15) is 62.6 Å². The van der Waals surface area contributed by atoms with Gasteiger partial charge in [0.15, 0.2) is 0 Å². The zero-order valence-corrected chi connectivity index (χ0v) is 43.6. The molecule has 0 aromatic heterocycles. The summed E-state index contributed by atoms with van der Waals surface area (Å²) in [5.74, 6) is -3.68. The topological polar surface area (TPSA) is 258 Å². The molecule has 4 atom stereocenters. The monoisotopic (exact) mass is 1060 g/mol. The van der Waals surface area contributed by atoms with Crippen LogP contribution in [-0.4, -0.2) is 116 Å². The average Bonchev–Trinajstić information content (AvgIpc) is 3.66. The van der Waals surface area contributed by atoms with E-state index in [0.717, 1.165) is 16.7 Å². The van der Waals surface area contributed by atoms with Crippen molar-refractivity contribution >= 4 is 88.2 Å². The Labute approximate surface area is 452 Å². The average molecular weight is 1060 g/mol. The molecule has 19 heteroatoms. The van der Waals surface area contributed by atoms with E-state index < -0.39 is 54.3 Å². The highest BCUT2D eigenvalue weighted by Crippen LogP contribution is 2.34. The lowest BCUT2D eigenvalue weighted by atomic mass is 10.1. The Bertz CT molecular complexity index is 2940. The van der Waals surface area contributed by atoms with Gasteiger partial charge in [0.25, 0.3) is 11.8 Å². The van der Waals surface area contributed by atoms with Gasteiger partial charge in [0, 0.05) is 38.6 Å². The zero-order chi connectivity index (χ0) is 56.0. The minimum atomic E-state index is -1.14. The third kappa shape index (κ3) is 17.5. The molecule has 2 aliphatic rings. The number of anilines is 4. The van der Waals surface area contributed by atoms with Crippen molar-refractivity contribution in [2.45, 2.75) is 89.4 Å². The second-order valence-electron chi connectivity index (χ2n) is 18.9. The number of hydrogen-bond acceptors (Lipinski definition) is 12. The van der Waals surface area contributed by atoms with E-state index in [1.54, 1.807) is 48.5 Å². The number of aryl methyl sites for hydroxylation is 3. The fourth-order valence-electron chi connectivity index (χ4n) is 8.88. The summed E-state index contributed by atoms with van der Waals surface area (Å²) in [6, 6.07) is 38.3. The van der Waals surface area contributed by atoms with Crippen molar-refractivity contribution in [2.75, 3.05) is 46.2 Å². The highest BCUT2D eigenvalue weighted by molar-refractivity contribution is 6.10. The number of rotatable bonds is 23. The van der Waals surface area contributed by atoms with Gasteiger partial charge in [-0.3, -0.25) is 53.0 Å². The molecule has 5 aromatic rings. The van der Waals surface area contributed by atoms with Crippen LogP contribution < -0.4 is 41.3 Å². The minimum Gasteiger partial charge on any atom is -0.381 e. The molecule has 0 radical (unpaired) electrons. The number of amides is 7. The molecule has 0 saturated heterocycles. The summed E-state index contributed by atoms with van der Waals surface area (Å²) in [6.45, 7) is 1.82. The predicted molar refractivity (Wildman–Crippen MR) is 293 cm³/mol. The largest absolute Gasteiger partial charge is 0.381 e. The lowest BCUT2D eigenvalue weighted by molar-refractivity contribution is -0.129. The molecule has 0 spiro atoms. The number of carbonyl (C=O) groups is 11. The van der Waals surface area contributed by atoms with Gasteiger partial charge < -0.3 is 41.1 Å². The highest BCUT2D eigenvalue weighted by atomic mass is 16.2. The van der Waals surface area contributed by atoms with Gasteiger partial charge in [0.1, 0.15) is 49.3 Å². The number of nitrogens with one attached hydrogen (secondary N) is 5. The molecule has 0 fully saturated rings. The van der Waals surface area contributed by atoms with Crippen molar-refractivity contribution in [3.8, 4) is 0 Å². The van der Waals surface area contributed by atoms with E-state index in [4.69, 9.17) is 0 Å². The van der Waals surface area contributed by atoms with Crippen molar-refractivity contribution in [3.05, 3.63) is 156 Å². The first-order valence-electron chi connectivity index (χ1n) is 25.7. The summed E-state index contributed by atoms with van der Waals surface area (Å²) < 4.78 is 0. The van der Waals surface area contributed by atoms with Crippen molar-refractivity contribution in [1.82, 2.24) is 21.3 Å². The predicted octanol–water partition coefficient (Wildman–Crippen LogP) is 4.00. The third-order valence-corrected chi connectivity index (χ3v) is 12.7. The Hall–Kier alpha value is -9.13. The Morgan fingerprint density at radius 3 is 1.38 bits per heavy atom. The summed E-state index contributed by atoms with van der Waals surface area (Å²) in [5, 5.41) is 13.7. The van der Waals surface area contributed by atoms with Gasteiger partial charge >= 0.3 is 0 Å². The van der Waals surface area contributed by atoms with Crippen LogP contribution in [-0.2, 0) is 72.0 Å². The smallest absolute Gasteiger partial charge is 0.251 e. The highest BCUT2D eigenvalue weighted by Gasteiger charge is 2.38. The van der Waals surface area contributed by atoms with Crippen molar-refractivity contribution in [3.63, 3.8) is 0 Å². The molecular weight excluding hydrogens is 997 g/mol. The standard InChI is InChI=1S/C34H36N4O6.C25H28N4O5/c1-24(40)20-27(23-39)35-32(42)22-38-30-15-9-8-14-29(30)37(33(43)19-17-26-12-6-3-7-13-26)21-28(34(38)44)36-31(41)18-16-25-10-4-2-5-11-25;1-17(31)13-19(16-30)27-24(33)15-29-22-10-6-5-9-20(22)26-14-21(25(29)34)28-23(32)12-11-18-7-3-2-4-8-18/h2-15,23,27-28H,16-22H2,1H3,(H,35,42)(H,36,41);2-10,16,19,21,26H,11-15H2,1H3,(H,27,33)(H,28,32)/t27-,28-;19-,21-/m00/s1. The zero-order valence-electron chi connectivity index (χ0n) is 43.6. The number of para-hydroxylation sites is 4. The Morgan fingerprint density at radius 1 is 0.513 bits per heavy atom. The first-order valence-corrected chi connectivity index (χ1v) is 25.7. The van der Waals surface area contributed by atoms with Gasteiger partial charge in [0.2, 0.25) is 29.5 Å². The van der Waals surface area contributed by atoms with Crippen LogP contribution in [0.25, 0.3) is 0 Å². The van der Waals surface area contributed by atoms with Gasteiger partial charge in [-0.25, -0.2) is 0 Å². The van der Waals surface area contributed by atoms with Gasteiger partial charge in [0.05, 0.1) is 41.4 Å². The summed E-state index contributed by atoms with van der Waals surface area (Å²) in [6.07, 6.45) is 2.64. The lowest BCUT2D eigenvalue weighted by Crippen LogP contribution is -2.54. The molecule has 7 amide bonds. The molecule has 5 N–H and O–H groups in total. The molecule has 0 saturated carbocycles. The maximum Gasteiger partial charge on any atom is 0.251 e. The van der Waals surface area contributed by atoms with Crippen molar-refractivity contribution < 1.29 is 52.7 Å². The van der Waals surface area contributed by atoms with Crippen LogP contribution in [0.3, 0.4) is 0 Å². The van der Waals surface area contributed by atoms with Crippen LogP contribution in [0.4, 0.5) is 22.7 Å². The van der Waals surface area contributed by atoms with Crippen LogP contribution in [0.15, 0.2) is 140 Å². The van der Waals surface area contributed by atoms with E-state index in [-0.39, 0.29) is 81.0 Å². The minimum absolute atomic E-state index is 0.120. The van der Waals surface area contributed by atoms with Gasteiger partial charge in [-0.05, 0) is 74.1 Å². The number of ketones is 2. The Morgan fingerprint density at radius 2 is 0.910 bits per heavy atom. The number of benzene rings is 5. The quantitative estimate of drug-likeness (QED) is 0.0582. The van der Waals surface area contributed by atoms with E-state index in [1.807, 2.05) is 91.0 Å². The number of carbonyl (C=O) groups excluding carboxylic acids is 11. The molecule has 2 heterocycles. The Kier molecular flexibility index (Phi) is 21.8. The summed E-state index contributed by atoms with van der Waals surface area (Å²) in [4.78, 5) is 142. The maximum absolute atomic E-state index is 14.0. The molecule has 0 bridgehead atoms. The van der Waals surface area contributed by atoms with E-state index in [2.05, 4.69) is 26.6 Å². The second kappa shape index (κ2) is 29.2. The molecule has 19 nitrogen and oxygen atoms in total. The van der Waals surface area contributed by atoms with E-state index in [0.29, 0.717) is 54.6 Å². The molecular formula is C59H64N8O11. The van der Waals surface area contributed by atoms with Gasteiger partial charge in [-0.1, -0.05) is 115 Å². The van der Waals surface area contributed by atoms with Crippen LogP contribution in [0, 0.1) is 0 Å². The molecule has 7 rings (SSSR count). The third-order valence-electron chi connectivity index (χ3n) is 12.7. The van der Waals surface area contributed by atoms with Crippen LogP contribution in [0.5, 0.6) is 0 Å². The molecule has 5 aromatic carbocycles. The summed E-state index contributed by atoms with van der Waals surface area (Å²) in [7, 11) is 0. The lowest BCUT2D eigenvalue weighted by Gasteiger charge is -2.25. The summed E-state index contributed by atoms with van der Waals surface area (Å²) >= 11 is 0. The van der Waals surface area contributed by atoms with E-state index in [1.165, 1.54) is 28.5 Å². The number of Topliss-reactive ketones (excluding diaryl/α,β-unsaturated/α-hetero) is 2. The normalized spacial score (nSPS) is 15.4. The van der Waals surface area contributed by atoms with Gasteiger partial charge in [-0.2, -0.15) is 0 Å². The number of fused-ring (bicyclic) bond motifs is 2. The molecule has 0 aliphatic carbocycles. The molecule has 2 aliphatic heterocycles.